The van der Waals surface area contributed by atoms with Crippen LogP contribution in [0, 0.1) is 5.82 Å². The van der Waals surface area contributed by atoms with E-state index in [0.29, 0.717) is 13.0 Å². The zero-order valence-electron chi connectivity index (χ0n) is 11.1. The Morgan fingerprint density at radius 1 is 1.45 bits per heavy atom. The second-order valence-corrected chi connectivity index (χ2v) is 6.55. The van der Waals surface area contributed by atoms with Gasteiger partial charge in [-0.15, -0.1) is 0 Å². The molecule has 1 heterocycles. The molecule has 1 atom stereocenters. The number of nitrogens with one attached hydrogen (secondary N) is 1. The maximum atomic E-state index is 13.3. The standard InChI is InChI=1S/C13H19FN2O3S/c14-13-4-3-12(8-10(13)9-15)20(17,18)16-6-5-11-2-1-7-19-11/h3-4,8,11,16H,1-2,5-7,9,15H2. The van der Waals surface area contributed by atoms with Gasteiger partial charge in [0.05, 0.1) is 11.0 Å². The van der Waals surface area contributed by atoms with Crippen molar-refractivity contribution in [1.29, 1.82) is 0 Å². The van der Waals surface area contributed by atoms with Gasteiger partial charge in [0.25, 0.3) is 0 Å². The summed E-state index contributed by atoms with van der Waals surface area (Å²) in [7, 11) is -3.63. The van der Waals surface area contributed by atoms with E-state index in [1.165, 1.54) is 12.1 Å². The highest BCUT2D eigenvalue weighted by atomic mass is 32.2. The molecular formula is C13H19FN2O3S. The Morgan fingerprint density at radius 3 is 2.90 bits per heavy atom. The van der Waals surface area contributed by atoms with Crippen molar-refractivity contribution >= 4 is 10.0 Å². The molecule has 1 aromatic carbocycles. The molecule has 1 saturated heterocycles. The van der Waals surface area contributed by atoms with Crippen molar-refractivity contribution in [1.82, 2.24) is 4.72 Å². The van der Waals surface area contributed by atoms with Gasteiger partial charge in [-0.25, -0.2) is 17.5 Å². The van der Waals surface area contributed by atoms with Crippen molar-refractivity contribution in [2.45, 2.75) is 36.8 Å². The average molecular weight is 302 g/mol. The molecule has 7 heteroatoms. The van der Waals surface area contributed by atoms with Gasteiger partial charge in [0.1, 0.15) is 5.82 Å². The molecular weight excluding hydrogens is 283 g/mol. The summed E-state index contributed by atoms with van der Waals surface area (Å²) in [5.41, 5.74) is 5.56. The Hall–Kier alpha value is -1.02. The van der Waals surface area contributed by atoms with Crippen molar-refractivity contribution < 1.29 is 17.5 Å². The van der Waals surface area contributed by atoms with Gasteiger partial charge < -0.3 is 10.5 Å². The molecule has 1 aliphatic rings. The van der Waals surface area contributed by atoms with Gasteiger partial charge in [-0.05, 0) is 37.5 Å². The summed E-state index contributed by atoms with van der Waals surface area (Å²) >= 11 is 0. The fourth-order valence-electron chi connectivity index (χ4n) is 2.18. The lowest BCUT2D eigenvalue weighted by Gasteiger charge is -2.11. The molecule has 0 aromatic heterocycles. The summed E-state index contributed by atoms with van der Waals surface area (Å²) in [6.45, 7) is 1.02. The Morgan fingerprint density at radius 2 is 2.25 bits per heavy atom. The normalized spacial score (nSPS) is 19.4. The number of rotatable bonds is 6. The largest absolute Gasteiger partial charge is 0.378 e. The third-order valence-corrected chi connectivity index (χ3v) is 4.79. The lowest BCUT2D eigenvalue weighted by molar-refractivity contribution is 0.105. The minimum atomic E-state index is -3.63. The smallest absolute Gasteiger partial charge is 0.240 e. The number of hydrogen-bond acceptors (Lipinski definition) is 4. The van der Waals surface area contributed by atoms with Gasteiger partial charge in [0.15, 0.2) is 0 Å². The Balaban J connectivity index is 1.98. The Kier molecular flexibility index (Phi) is 5.09. The minimum absolute atomic E-state index is 0.0340. The van der Waals surface area contributed by atoms with E-state index in [1.54, 1.807) is 0 Å². The maximum absolute atomic E-state index is 13.3. The lowest BCUT2D eigenvalue weighted by atomic mass is 10.2. The van der Waals surface area contributed by atoms with E-state index in [2.05, 4.69) is 4.72 Å². The number of sulfonamides is 1. The molecule has 0 saturated carbocycles. The fraction of sp³-hybridized carbons (Fsp3) is 0.538. The topological polar surface area (TPSA) is 81.4 Å². The van der Waals surface area contributed by atoms with Crippen LogP contribution < -0.4 is 10.5 Å². The molecule has 1 fully saturated rings. The lowest BCUT2D eigenvalue weighted by Crippen LogP contribution is -2.27. The van der Waals surface area contributed by atoms with Gasteiger partial charge in [0, 0.05) is 25.3 Å². The maximum Gasteiger partial charge on any atom is 0.240 e. The van der Waals surface area contributed by atoms with Crippen LogP contribution in [-0.4, -0.2) is 27.7 Å². The van der Waals surface area contributed by atoms with E-state index in [4.69, 9.17) is 10.5 Å². The molecule has 3 N–H and O–H groups in total. The summed E-state index contributed by atoms with van der Waals surface area (Å²) in [6, 6.07) is 3.63. The quantitative estimate of drug-likeness (QED) is 0.825. The van der Waals surface area contributed by atoms with E-state index in [9.17, 15) is 12.8 Å². The van der Waals surface area contributed by atoms with Crippen molar-refractivity contribution in [3.8, 4) is 0 Å². The molecule has 1 aromatic rings. The van der Waals surface area contributed by atoms with Crippen molar-refractivity contribution in [3.05, 3.63) is 29.6 Å². The van der Waals surface area contributed by atoms with Crippen molar-refractivity contribution in [2.24, 2.45) is 5.73 Å². The summed E-state index contributed by atoms with van der Waals surface area (Å²) in [6.07, 6.45) is 2.76. The second kappa shape index (κ2) is 6.62. The molecule has 0 bridgehead atoms. The van der Waals surface area contributed by atoms with Gasteiger partial charge in [-0.2, -0.15) is 0 Å². The number of hydrogen-bond donors (Lipinski definition) is 2. The molecule has 112 valence electrons. The van der Waals surface area contributed by atoms with Gasteiger partial charge in [-0.3, -0.25) is 0 Å². The SMILES string of the molecule is NCc1cc(S(=O)(=O)NCCC2CCCO2)ccc1F. The van der Waals surface area contributed by atoms with Crippen LogP contribution in [0.25, 0.3) is 0 Å². The van der Waals surface area contributed by atoms with Crippen molar-refractivity contribution in [2.75, 3.05) is 13.2 Å². The highest BCUT2D eigenvalue weighted by molar-refractivity contribution is 7.89. The van der Waals surface area contributed by atoms with E-state index < -0.39 is 15.8 Å². The van der Waals surface area contributed by atoms with Gasteiger partial charge >= 0.3 is 0 Å². The predicted octanol–water partition coefficient (Wildman–Crippen LogP) is 1.13. The average Bonchev–Trinajstić information content (AvgIpc) is 2.92. The van der Waals surface area contributed by atoms with Crippen LogP contribution in [0.1, 0.15) is 24.8 Å². The first kappa shape index (κ1) is 15.4. The van der Waals surface area contributed by atoms with E-state index in [0.717, 1.165) is 25.5 Å². The molecule has 0 spiro atoms. The molecule has 20 heavy (non-hydrogen) atoms. The number of ether oxygens (including phenoxy) is 1. The van der Waals surface area contributed by atoms with Gasteiger partial charge in [0.2, 0.25) is 10.0 Å². The third kappa shape index (κ3) is 3.76. The molecule has 1 aliphatic heterocycles. The number of benzene rings is 1. The Bertz CT molecular complexity index is 557. The van der Waals surface area contributed by atoms with E-state index >= 15 is 0 Å². The monoisotopic (exact) mass is 302 g/mol. The summed E-state index contributed by atoms with van der Waals surface area (Å²) < 4.78 is 45.4. The fourth-order valence-corrected chi connectivity index (χ4v) is 3.28. The van der Waals surface area contributed by atoms with E-state index in [1.807, 2.05) is 0 Å². The number of halogens is 1. The predicted molar refractivity (Wildman–Crippen MR) is 73.1 cm³/mol. The second-order valence-electron chi connectivity index (χ2n) is 4.78. The molecule has 5 nitrogen and oxygen atoms in total. The van der Waals surface area contributed by atoms with Crippen LogP contribution in [0.4, 0.5) is 4.39 Å². The first-order valence-electron chi connectivity index (χ1n) is 6.62. The van der Waals surface area contributed by atoms with Crippen LogP contribution in [0.15, 0.2) is 23.1 Å². The summed E-state index contributed by atoms with van der Waals surface area (Å²) in [5.74, 6) is -0.495. The van der Waals surface area contributed by atoms with Crippen LogP contribution >= 0.6 is 0 Å². The highest BCUT2D eigenvalue weighted by Crippen LogP contribution is 2.17. The summed E-state index contributed by atoms with van der Waals surface area (Å²) in [4.78, 5) is 0.0340. The zero-order valence-corrected chi connectivity index (χ0v) is 12.0. The Labute approximate surface area is 118 Å². The zero-order chi connectivity index (χ0) is 14.6. The molecule has 2 rings (SSSR count). The molecule has 0 aliphatic carbocycles. The number of nitrogens with two attached hydrogens (primary N) is 1. The van der Waals surface area contributed by atoms with Crippen molar-refractivity contribution in [3.63, 3.8) is 0 Å². The molecule has 1 unspecified atom stereocenters. The van der Waals surface area contributed by atoms with Crippen LogP contribution in [0.5, 0.6) is 0 Å². The first-order valence-corrected chi connectivity index (χ1v) is 8.11. The van der Waals surface area contributed by atoms with Crippen LogP contribution in [0.3, 0.4) is 0 Å². The minimum Gasteiger partial charge on any atom is -0.378 e. The van der Waals surface area contributed by atoms with Crippen LogP contribution in [-0.2, 0) is 21.3 Å². The molecule has 0 amide bonds. The highest BCUT2D eigenvalue weighted by Gasteiger charge is 2.18. The third-order valence-electron chi connectivity index (χ3n) is 3.33. The summed E-state index contributed by atoms with van der Waals surface area (Å²) in [5, 5.41) is 0. The first-order chi connectivity index (χ1) is 9.53. The van der Waals surface area contributed by atoms with E-state index in [-0.39, 0.29) is 23.1 Å². The van der Waals surface area contributed by atoms with Gasteiger partial charge in [-0.1, -0.05) is 0 Å². The molecule has 0 radical (unpaired) electrons. The van der Waals surface area contributed by atoms with Crippen LogP contribution in [0.2, 0.25) is 0 Å².